The zero-order chi connectivity index (χ0) is 26.1. The van der Waals surface area contributed by atoms with Crippen LogP contribution in [-0.2, 0) is 19.1 Å². The molecule has 0 saturated heterocycles. The van der Waals surface area contributed by atoms with E-state index in [-0.39, 0.29) is 25.3 Å². The van der Waals surface area contributed by atoms with Crippen LogP contribution in [0.5, 0.6) is 0 Å². The molecule has 2 atom stereocenters. The predicted octanol–water partition coefficient (Wildman–Crippen LogP) is 3.04. The standard InChI is InChI=1S/C25H40N4O5/c1-8-16-29(20(17-12-10-9-11-13-17)21(31)28-24(2,3)4)22(32)18(14-15-19(26)30)27-23(33)34-25(5,6)7/h9-13,18,20H,8,14-16H2,1-7H3,(H2,26,30)(H,27,33)(H,28,31). The minimum Gasteiger partial charge on any atom is -0.444 e. The number of nitrogens with two attached hydrogens (primary N) is 1. The van der Waals surface area contributed by atoms with Gasteiger partial charge in [0.2, 0.25) is 17.7 Å². The van der Waals surface area contributed by atoms with Gasteiger partial charge in [0.25, 0.3) is 0 Å². The fraction of sp³-hybridized carbons (Fsp3) is 0.600. The van der Waals surface area contributed by atoms with Crippen LogP contribution in [0.4, 0.5) is 4.79 Å². The summed E-state index contributed by atoms with van der Waals surface area (Å²) in [5.74, 6) is -1.44. The van der Waals surface area contributed by atoms with Crippen molar-refractivity contribution in [3.63, 3.8) is 0 Å². The first-order valence-electron chi connectivity index (χ1n) is 11.6. The van der Waals surface area contributed by atoms with Crippen LogP contribution in [0.25, 0.3) is 0 Å². The molecule has 0 aromatic heterocycles. The van der Waals surface area contributed by atoms with E-state index in [1.807, 2.05) is 33.8 Å². The summed E-state index contributed by atoms with van der Waals surface area (Å²) >= 11 is 0. The number of alkyl carbamates (subject to hydrolysis) is 1. The normalized spacial score (nSPS) is 13.4. The van der Waals surface area contributed by atoms with Crippen molar-refractivity contribution in [2.45, 2.75) is 91.0 Å². The Morgan fingerprint density at radius 1 is 1.03 bits per heavy atom. The number of amides is 4. The zero-order valence-electron chi connectivity index (χ0n) is 21.4. The van der Waals surface area contributed by atoms with Crippen LogP contribution in [0.15, 0.2) is 30.3 Å². The van der Waals surface area contributed by atoms with Gasteiger partial charge in [-0.2, -0.15) is 0 Å². The highest BCUT2D eigenvalue weighted by Gasteiger charge is 2.36. The Balaban J connectivity index is 3.39. The Morgan fingerprint density at radius 2 is 1.62 bits per heavy atom. The highest BCUT2D eigenvalue weighted by molar-refractivity contribution is 5.92. The van der Waals surface area contributed by atoms with Gasteiger partial charge in [-0.3, -0.25) is 14.4 Å². The van der Waals surface area contributed by atoms with Crippen LogP contribution in [0, 0.1) is 0 Å². The molecule has 34 heavy (non-hydrogen) atoms. The lowest BCUT2D eigenvalue weighted by Gasteiger charge is -2.36. The van der Waals surface area contributed by atoms with Crippen molar-refractivity contribution < 1.29 is 23.9 Å². The summed E-state index contributed by atoms with van der Waals surface area (Å²) in [6, 6.07) is 6.96. The van der Waals surface area contributed by atoms with E-state index in [0.717, 1.165) is 0 Å². The number of rotatable bonds is 10. The van der Waals surface area contributed by atoms with E-state index < -0.39 is 41.1 Å². The van der Waals surface area contributed by atoms with Crippen molar-refractivity contribution in [2.24, 2.45) is 5.73 Å². The van der Waals surface area contributed by atoms with Crippen molar-refractivity contribution in [3.05, 3.63) is 35.9 Å². The molecule has 0 fully saturated rings. The SMILES string of the molecule is CCCN(C(=O)C(CCC(N)=O)NC(=O)OC(C)(C)C)C(C(=O)NC(C)(C)C)c1ccccc1. The predicted molar refractivity (Wildman–Crippen MR) is 131 cm³/mol. The number of ether oxygens (including phenoxy) is 1. The molecule has 0 bridgehead atoms. The molecule has 1 aromatic carbocycles. The maximum absolute atomic E-state index is 13.8. The fourth-order valence-electron chi connectivity index (χ4n) is 3.35. The van der Waals surface area contributed by atoms with Crippen molar-refractivity contribution in [3.8, 4) is 0 Å². The molecule has 4 amide bonds. The second kappa shape index (κ2) is 12.4. The first kappa shape index (κ1) is 28.9. The molecule has 190 valence electrons. The van der Waals surface area contributed by atoms with E-state index in [2.05, 4.69) is 10.6 Å². The number of primary amides is 1. The maximum atomic E-state index is 13.8. The molecule has 0 aliphatic rings. The van der Waals surface area contributed by atoms with Gasteiger partial charge >= 0.3 is 6.09 Å². The lowest BCUT2D eigenvalue weighted by atomic mass is 9.99. The summed E-state index contributed by atoms with van der Waals surface area (Å²) in [6.07, 6.45) is -0.346. The van der Waals surface area contributed by atoms with Crippen LogP contribution >= 0.6 is 0 Å². The van der Waals surface area contributed by atoms with E-state index in [0.29, 0.717) is 12.0 Å². The average molecular weight is 477 g/mol. The van der Waals surface area contributed by atoms with E-state index in [1.54, 1.807) is 45.0 Å². The molecule has 0 aliphatic heterocycles. The van der Waals surface area contributed by atoms with Gasteiger partial charge in [0.1, 0.15) is 17.7 Å². The summed E-state index contributed by atoms with van der Waals surface area (Å²) in [5, 5.41) is 5.52. The van der Waals surface area contributed by atoms with Gasteiger partial charge in [-0.25, -0.2) is 4.79 Å². The van der Waals surface area contributed by atoms with Crippen LogP contribution < -0.4 is 16.4 Å². The second-order valence-electron chi connectivity index (χ2n) is 10.3. The van der Waals surface area contributed by atoms with Gasteiger partial charge in [-0.15, -0.1) is 0 Å². The highest BCUT2D eigenvalue weighted by atomic mass is 16.6. The van der Waals surface area contributed by atoms with E-state index in [4.69, 9.17) is 10.5 Å². The molecule has 9 heteroatoms. The molecule has 1 rings (SSSR count). The lowest BCUT2D eigenvalue weighted by molar-refractivity contribution is -0.143. The molecular formula is C25H40N4O5. The second-order valence-corrected chi connectivity index (χ2v) is 10.3. The van der Waals surface area contributed by atoms with Crippen molar-refractivity contribution in [1.29, 1.82) is 0 Å². The molecule has 2 unspecified atom stereocenters. The minimum atomic E-state index is -1.09. The van der Waals surface area contributed by atoms with E-state index in [1.165, 1.54) is 4.90 Å². The highest BCUT2D eigenvalue weighted by Crippen LogP contribution is 2.24. The number of carbonyl (C=O) groups excluding carboxylic acids is 4. The van der Waals surface area contributed by atoms with Crippen molar-refractivity contribution >= 4 is 23.8 Å². The Kier molecular flexibility index (Phi) is 10.5. The van der Waals surface area contributed by atoms with Gasteiger partial charge in [0.05, 0.1) is 0 Å². The summed E-state index contributed by atoms with van der Waals surface area (Å²) in [6.45, 7) is 12.9. The molecule has 1 aromatic rings. The van der Waals surface area contributed by atoms with Gasteiger partial charge in [-0.05, 0) is 59.9 Å². The first-order valence-corrected chi connectivity index (χ1v) is 11.6. The molecular weight excluding hydrogens is 436 g/mol. The number of hydrogen-bond donors (Lipinski definition) is 3. The summed E-state index contributed by atoms with van der Waals surface area (Å²) in [4.78, 5) is 52.5. The van der Waals surface area contributed by atoms with Crippen molar-refractivity contribution in [1.82, 2.24) is 15.5 Å². The quantitative estimate of drug-likeness (QED) is 0.478. The maximum Gasteiger partial charge on any atom is 0.408 e. The molecule has 0 aliphatic carbocycles. The van der Waals surface area contributed by atoms with Crippen molar-refractivity contribution in [2.75, 3.05) is 6.54 Å². The monoisotopic (exact) mass is 476 g/mol. The Morgan fingerprint density at radius 3 is 2.09 bits per heavy atom. The third-order valence-corrected chi connectivity index (χ3v) is 4.59. The molecule has 0 heterocycles. The summed E-state index contributed by atoms with van der Waals surface area (Å²) in [5.41, 5.74) is 4.64. The average Bonchev–Trinajstić information content (AvgIpc) is 2.68. The van der Waals surface area contributed by atoms with Crippen LogP contribution in [0.1, 0.15) is 79.3 Å². The lowest BCUT2D eigenvalue weighted by Crippen LogP contribution is -2.55. The molecule has 0 saturated carbocycles. The summed E-state index contributed by atoms with van der Waals surface area (Å²) in [7, 11) is 0. The molecule has 9 nitrogen and oxygen atoms in total. The number of nitrogens with zero attached hydrogens (tertiary/aromatic N) is 1. The first-order chi connectivity index (χ1) is 15.6. The fourth-order valence-corrected chi connectivity index (χ4v) is 3.35. The smallest absolute Gasteiger partial charge is 0.408 e. The van der Waals surface area contributed by atoms with Gasteiger partial charge in [0.15, 0.2) is 0 Å². The molecule has 4 N–H and O–H groups in total. The molecule has 0 radical (unpaired) electrons. The van der Waals surface area contributed by atoms with E-state index >= 15 is 0 Å². The third-order valence-electron chi connectivity index (χ3n) is 4.59. The molecule has 0 spiro atoms. The topological polar surface area (TPSA) is 131 Å². The Labute approximate surface area is 202 Å². The van der Waals surface area contributed by atoms with Crippen LogP contribution in [-0.4, -0.2) is 52.4 Å². The van der Waals surface area contributed by atoms with E-state index in [9.17, 15) is 19.2 Å². The van der Waals surface area contributed by atoms with Crippen LogP contribution in [0.2, 0.25) is 0 Å². The number of hydrogen-bond acceptors (Lipinski definition) is 5. The largest absolute Gasteiger partial charge is 0.444 e. The third kappa shape index (κ3) is 10.2. The van der Waals surface area contributed by atoms with Gasteiger partial charge in [0, 0.05) is 18.5 Å². The Bertz CT molecular complexity index is 843. The van der Waals surface area contributed by atoms with Gasteiger partial charge < -0.3 is 26.0 Å². The van der Waals surface area contributed by atoms with Gasteiger partial charge in [-0.1, -0.05) is 37.3 Å². The van der Waals surface area contributed by atoms with Crippen LogP contribution in [0.3, 0.4) is 0 Å². The number of carbonyl (C=O) groups is 4. The number of benzene rings is 1. The number of nitrogens with one attached hydrogen (secondary N) is 2. The minimum absolute atomic E-state index is 0.0178. The Hall–Kier alpha value is -3.10. The summed E-state index contributed by atoms with van der Waals surface area (Å²) < 4.78 is 5.31. The zero-order valence-corrected chi connectivity index (χ0v) is 21.4.